The molecule has 8 N–H and O–H groups in total. The molecule has 8 aromatic rings. The lowest BCUT2D eigenvalue weighted by molar-refractivity contribution is -0.385. The number of fused-ring (bicyclic) bond motifs is 4. The van der Waals surface area contributed by atoms with Crippen LogP contribution in [0.5, 0.6) is 0 Å². The number of benzene rings is 5. The number of nitro benzene ring substituents is 3. The zero-order chi connectivity index (χ0) is 60.7. The standard InChI is InChI=1S/C14H16N2OS.C13H12N2O3S.C13H14N2OS.C7H6N2O2S.C7H4N2O2.C6H8O2/c1-15-10-7-5-9(6-8-10)14-16-11-3-2-4-12(17)13(11)18-14;16-11-3-1-2-10-12(11)19-13(14-10)8-4-6-9(7-5-8)15(17)18;14-9-6-4-8(5-7-9)13-15-10-2-1-3-11(16)12(10)17-13;8-7(12)5-1-3-6(4-2-5)9(10)11;8-5-6-1-3-7(4-2-6)9(10)11;7-4-2-1-3-5-6(4)8-5/h5-8,12,15,17H,2-4H2,1H3;4-7,11,16H,1-3H2;4-7,11,16H,1-3,14H2;1-4H,(H2,8,12);1-4H;5-6H,1-3H2. The Bertz CT molecular complexity index is 3630. The minimum atomic E-state index is -0.499. The molecule has 0 amide bonds. The number of nitriles is 1. The predicted molar refractivity (Wildman–Crippen MR) is 331 cm³/mol. The number of non-ortho nitro benzene ring substituents is 3. The number of anilines is 2. The number of aromatic nitrogens is 3. The summed E-state index contributed by atoms with van der Waals surface area (Å²) in [6.07, 6.45) is 10.6. The summed E-state index contributed by atoms with van der Waals surface area (Å²) >= 11 is 9.39. The van der Waals surface area contributed by atoms with Crippen LogP contribution >= 0.6 is 46.2 Å². The lowest BCUT2D eigenvalue weighted by Crippen LogP contribution is -2.14. The highest BCUT2D eigenvalue weighted by molar-refractivity contribution is 7.80. The van der Waals surface area contributed by atoms with Crippen LogP contribution < -0.4 is 16.8 Å². The zero-order valence-electron chi connectivity index (χ0n) is 45.9. The number of aliphatic hydroxyl groups is 3. The van der Waals surface area contributed by atoms with Crippen LogP contribution in [0.1, 0.15) is 119 Å². The van der Waals surface area contributed by atoms with Crippen LogP contribution in [0.25, 0.3) is 31.7 Å². The van der Waals surface area contributed by atoms with Gasteiger partial charge in [-0.05, 0) is 156 Å². The number of nitrogens with one attached hydrogen (secondary N) is 1. The van der Waals surface area contributed by atoms with Crippen molar-refractivity contribution in [3.05, 3.63) is 195 Å². The number of nitrogens with zero attached hydrogens (tertiary/aromatic N) is 7. The number of thiocarbonyl (C=S) groups is 1. The molecular weight excluding hydrogens is 1160 g/mol. The van der Waals surface area contributed by atoms with Gasteiger partial charge in [0, 0.05) is 83.5 Å². The third kappa shape index (κ3) is 17.0. The van der Waals surface area contributed by atoms with Crippen LogP contribution in [0.3, 0.4) is 0 Å². The Labute approximate surface area is 506 Å². The number of hydrogen-bond donors (Lipinski definition) is 6. The summed E-state index contributed by atoms with van der Waals surface area (Å²) in [7, 11) is 1.91. The van der Waals surface area contributed by atoms with E-state index in [9.17, 15) is 50.5 Å². The number of Topliss-reactive ketones (excluding diaryl/α,β-unsaturated/α-hetero) is 1. The maximum Gasteiger partial charge on any atom is 0.269 e. The quantitative estimate of drug-likeness (QED) is 0.0270. The summed E-state index contributed by atoms with van der Waals surface area (Å²) in [4.78, 5) is 57.4. The SMILES string of the molecule is CNc1ccc(-c2nc3c(s2)C(O)CCC3)cc1.N#Cc1ccc([N+](=O)[O-])cc1.NC(=S)c1ccc([N+](=O)[O-])cc1.Nc1ccc(-c2nc3c(s2)C(O)CCC3)cc1.O=C1CCCC2OC12.O=[N+]([O-])c1ccc(-c2nc3c(s2)C(O)CCC3)cc1. The van der Waals surface area contributed by atoms with E-state index >= 15 is 0 Å². The molecule has 4 aliphatic carbocycles. The number of thiazole rings is 3. The lowest BCUT2D eigenvalue weighted by atomic mass is 10.00. The number of hydrogen-bond acceptors (Lipinski definition) is 21. The smallest absolute Gasteiger partial charge is 0.269 e. The molecular formula is C60H60N10O11S4. The van der Waals surface area contributed by atoms with Crippen LogP contribution in [0.2, 0.25) is 0 Å². The zero-order valence-corrected chi connectivity index (χ0v) is 49.2. The maximum atomic E-state index is 10.7. The van der Waals surface area contributed by atoms with Crippen LogP contribution in [0.4, 0.5) is 28.4 Å². The largest absolute Gasteiger partial charge is 0.399 e. The summed E-state index contributed by atoms with van der Waals surface area (Å²) in [6.45, 7) is 0. The Morgan fingerprint density at radius 3 is 1.31 bits per heavy atom. The molecule has 3 aromatic heterocycles. The molecule has 5 unspecified atom stereocenters. The van der Waals surface area contributed by atoms with Crippen molar-refractivity contribution in [2.45, 2.75) is 108 Å². The molecule has 5 aromatic carbocycles. The monoisotopic (exact) mass is 1220 g/mol. The molecule has 21 nitrogen and oxygen atoms in total. The van der Waals surface area contributed by atoms with E-state index in [0.717, 1.165) is 152 Å². The number of rotatable bonds is 8. The molecule has 85 heavy (non-hydrogen) atoms. The number of epoxide rings is 1. The second kappa shape index (κ2) is 29.5. The number of aliphatic hydroxyl groups excluding tert-OH is 3. The Morgan fingerprint density at radius 1 is 0.600 bits per heavy atom. The fourth-order valence-electron chi connectivity index (χ4n) is 9.36. The molecule has 1 saturated heterocycles. The molecule has 5 atom stereocenters. The van der Waals surface area contributed by atoms with Crippen molar-refractivity contribution >= 4 is 85.4 Å². The predicted octanol–water partition coefficient (Wildman–Crippen LogP) is 12.3. The summed E-state index contributed by atoms with van der Waals surface area (Å²) in [5, 5.41) is 75.0. The van der Waals surface area contributed by atoms with E-state index in [1.165, 1.54) is 72.0 Å². The third-order valence-corrected chi connectivity index (χ3v) is 18.0. The molecule has 440 valence electrons. The molecule has 25 heteroatoms. The average Bonchev–Trinajstić information content (AvgIpc) is 2.82. The van der Waals surface area contributed by atoms with Gasteiger partial charge in [0.25, 0.3) is 17.1 Å². The summed E-state index contributed by atoms with van der Waals surface area (Å²) in [5.41, 5.74) is 20.2. The number of aryl methyl sites for hydroxylation is 3. The van der Waals surface area contributed by atoms with E-state index in [1.54, 1.807) is 34.8 Å². The van der Waals surface area contributed by atoms with Crippen LogP contribution in [-0.2, 0) is 28.8 Å². The molecule has 1 saturated carbocycles. The number of nitrogens with two attached hydrogens (primary N) is 2. The van der Waals surface area contributed by atoms with Crippen molar-refractivity contribution in [3.8, 4) is 37.8 Å². The molecule has 2 fully saturated rings. The van der Waals surface area contributed by atoms with Crippen LogP contribution in [-0.4, -0.2) is 75.1 Å². The number of ether oxygens (including phenoxy) is 1. The Kier molecular flexibility index (Phi) is 21.7. The van der Waals surface area contributed by atoms with E-state index in [2.05, 4.69) is 44.6 Å². The molecule has 1 aliphatic heterocycles. The molecule has 13 rings (SSSR count). The second-order valence-electron chi connectivity index (χ2n) is 20.0. The lowest BCUT2D eigenvalue weighted by Gasteiger charge is -2.14. The van der Waals surface area contributed by atoms with Gasteiger partial charge < -0.3 is 36.8 Å². The van der Waals surface area contributed by atoms with E-state index in [4.69, 9.17) is 21.5 Å². The number of nitrogen functional groups attached to an aromatic ring is 1. The van der Waals surface area contributed by atoms with Crippen molar-refractivity contribution in [2.75, 3.05) is 18.1 Å². The maximum absolute atomic E-state index is 10.7. The van der Waals surface area contributed by atoms with Crippen LogP contribution in [0.15, 0.2) is 121 Å². The van der Waals surface area contributed by atoms with Gasteiger partial charge in [-0.15, -0.1) is 34.0 Å². The normalized spacial score (nSPS) is 18.3. The van der Waals surface area contributed by atoms with Gasteiger partial charge in [-0.2, -0.15) is 5.26 Å². The highest BCUT2D eigenvalue weighted by atomic mass is 32.1. The van der Waals surface area contributed by atoms with Gasteiger partial charge in [0.15, 0.2) is 5.78 Å². The van der Waals surface area contributed by atoms with Gasteiger partial charge in [-0.3, -0.25) is 35.1 Å². The number of nitro groups is 3. The Balaban J connectivity index is 0.000000136. The van der Waals surface area contributed by atoms with Gasteiger partial charge in [0.1, 0.15) is 26.1 Å². The molecule has 0 radical (unpaired) electrons. The highest BCUT2D eigenvalue weighted by Gasteiger charge is 2.46. The van der Waals surface area contributed by atoms with Crippen molar-refractivity contribution in [1.29, 1.82) is 5.26 Å². The summed E-state index contributed by atoms with van der Waals surface area (Å²) in [6, 6.07) is 35.4. The minimum Gasteiger partial charge on any atom is -0.399 e. The first-order chi connectivity index (χ1) is 40.9. The number of ketones is 1. The van der Waals surface area contributed by atoms with Crippen molar-refractivity contribution < 1.29 is 39.6 Å². The van der Waals surface area contributed by atoms with E-state index in [-0.39, 0.29) is 40.4 Å². The van der Waals surface area contributed by atoms with Crippen molar-refractivity contribution in [3.63, 3.8) is 0 Å². The Morgan fingerprint density at radius 2 is 0.965 bits per heavy atom. The van der Waals surface area contributed by atoms with Crippen LogP contribution in [0, 0.1) is 41.7 Å². The van der Waals surface area contributed by atoms with Gasteiger partial charge >= 0.3 is 0 Å². The first kappa shape index (κ1) is 62.7. The second-order valence-corrected chi connectivity index (χ2v) is 23.5. The van der Waals surface area contributed by atoms with E-state index < -0.39 is 20.9 Å². The number of carbonyl (C=O) groups is 1. The average molecular weight is 1230 g/mol. The molecule has 0 bridgehead atoms. The van der Waals surface area contributed by atoms with E-state index in [1.807, 2.05) is 49.5 Å². The fourth-order valence-corrected chi connectivity index (χ4v) is 12.9. The number of carbonyl (C=O) groups excluding carboxylic acids is 1. The van der Waals surface area contributed by atoms with Gasteiger partial charge in [0.2, 0.25) is 0 Å². The topological polar surface area (TPSA) is 346 Å². The van der Waals surface area contributed by atoms with E-state index in [0.29, 0.717) is 23.0 Å². The molecule has 5 aliphatic rings. The highest BCUT2D eigenvalue weighted by Crippen LogP contribution is 2.41. The fraction of sp³-hybridized carbons (Fsp3) is 0.300. The minimum absolute atomic E-state index is 0.00370. The molecule has 4 heterocycles. The Hall–Kier alpha value is -8.32. The van der Waals surface area contributed by atoms with Gasteiger partial charge in [0.05, 0.1) is 82.5 Å². The van der Waals surface area contributed by atoms with Gasteiger partial charge in [-0.1, -0.05) is 12.2 Å². The third-order valence-electron chi connectivity index (χ3n) is 14.0. The summed E-state index contributed by atoms with van der Waals surface area (Å²) < 4.78 is 5.04. The summed E-state index contributed by atoms with van der Waals surface area (Å²) in [5.74, 6) is 0.321. The first-order valence-electron chi connectivity index (χ1n) is 27.2. The molecule has 0 spiro atoms. The van der Waals surface area contributed by atoms with Crippen molar-refractivity contribution in [1.82, 2.24) is 15.0 Å². The van der Waals surface area contributed by atoms with Crippen molar-refractivity contribution in [2.24, 2.45) is 5.73 Å². The van der Waals surface area contributed by atoms with Gasteiger partial charge in [-0.25, -0.2) is 15.0 Å². The first-order valence-corrected chi connectivity index (χ1v) is 30.0.